The van der Waals surface area contributed by atoms with Crippen LogP contribution < -0.4 is 4.31 Å². The Morgan fingerprint density at radius 2 is 1.79 bits per heavy atom. The smallest absolute Gasteiger partial charge is 0.261 e. The van der Waals surface area contributed by atoms with Crippen LogP contribution in [0.25, 0.3) is 0 Å². The standard InChI is InChI=1S/C10H10ClNO5S2/c1-7-6-18(14,15)12(10(7)13)8-2-4-9(5-3-8)19(11,16)17/h2-5,7H,6H2,1H3/t7-/m0/s1. The zero-order valence-electron chi connectivity index (χ0n) is 9.78. The van der Waals surface area contributed by atoms with Crippen LogP contribution in [0.5, 0.6) is 0 Å². The number of hydrogen-bond donors (Lipinski definition) is 0. The fraction of sp³-hybridized carbons (Fsp3) is 0.300. The SMILES string of the molecule is C[C@H]1CS(=O)(=O)N(c2ccc(S(=O)(=O)Cl)cc2)C1=O. The molecule has 1 amide bonds. The minimum atomic E-state index is -3.88. The van der Waals surface area contributed by atoms with Crippen molar-refractivity contribution in [2.24, 2.45) is 5.92 Å². The van der Waals surface area contributed by atoms with Gasteiger partial charge in [-0.1, -0.05) is 6.92 Å². The third-order valence-electron chi connectivity index (χ3n) is 2.71. The lowest BCUT2D eigenvalue weighted by Gasteiger charge is -2.15. The Bertz CT molecular complexity index is 724. The third kappa shape index (κ3) is 2.60. The molecule has 1 aliphatic heterocycles. The van der Waals surface area contributed by atoms with Crippen molar-refractivity contribution in [3.05, 3.63) is 24.3 Å². The van der Waals surface area contributed by atoms with Crippen LogP contribution in [-0.2, 0) is 23.9 Å². The van der Waals surface area contributed by atoms with Gasteiger partial charge in [-0.15, -0.1) is 0 Å². The van der Waals surface area contributed by atoms with E-state index >= 15 is 0 Å². The maximum atomic E-state index is 11.8. The summed E-state index contributed by atoms with van der Waals surface area (Å²) in [6.45, 7) is 1.53. The molecule has 1 atom stereocenters. The van der Waals surface area contributed by atoms with Gasteiger partial charge in [0.25, 0.3) is 9.05 Å². The van der Waals surface area contributed by atoms with E-state index in [9.17, 15) is 21.6 Å². The molecule has 1 heterocycles. The highest BCUT2D eigenvalue weighted by Crippen LogP contribution is 2.29. The van der Waals surface area contributed by atoms with Crippen LogP contribution in [0, 0.1) is 5.92 Å². The van der Waals surface area contributed by atoms with Crippen molar-refractivity contribution in [2.45, 2.75) is 11.8 Å². The summed E-state index contributed by atoms with van der Waals surface area (Å²) in [5, 5.41) is 0. The van der Waals surface area contributed by atoms with Crippen LogP contribution in [0.2, 0.25) is 0 Å². The molecule has 0 aromatic heterocycles. The van der Waals surface area contributed by atoms with Crippen molar-refractivity contribution >= 4 is 41.4 Å². The second kappa shape index (κ2) is 4.46. The number of rotatable bonds is 2. The fourth-order valence-electron chi connectivity index (χ4n) is 1.83. The molecule has 0 spiro atoms. The number of nitrogens with zero attached hydrogens (tertiary/aromatic N) is 1. The Balaban J connectivity index is 2.46. The van der Waals surface area contributed by atoms with Gasteiger partial charge in [-0.05, 0) is 24.3 Å². The molecular formula is C10H10ClNO5S2. The highest BCUT2D eigenvalue weighted by atomic mass is 35.7. The maximum absolute atomic E-state index is 11.8. The van der Waals surface area contributed by atoms with Crippen molar-refractivity contribution in [1.29, 1.82) is 0 Å². The minimum absolute atomic E-state index is 0.110. The number of sulfonamides is 1. The molecular weight excluding hydrogens is 314 g/mol. The number of carbonyl (C=O) groups is 1. The minimum Gasteiger partial charge on any atom is -0.273 e. The largest absolute Gasteiger partial charge is 0.273 e. The molecule has 0 unspecified atom stereocenters. The van der Waals surface area contributed by atoms with Crippen molar-refractivity contribution in [3.8, 4) is 0 Å². The monoisotopic (exact) mass is 323 g/mol. The molecule has 0 aliphatic carbocycles. The van der Waals surface area contributed by atoms with Gasteiger partial charge in [0.1, 0.15) is 0 Å². The highest BCUT2D eigenvalue weighted by Gasteiger charge is 2.41. The predicted octanol–water partition coefficient (Wildman–Crippen LogP) is 0.927. The van der Waals surface area contributed by atoms with Gasteiger partial charge in [-0.25, -0.2) is 21.1 Å². The first-order valence-corrected chi connectivity index (χ1v) is 9.16. The number of hydrogen-bond acceptors (Lipinski definition) is 5. The molecule has 19 heavy (non-hydrogen) atoms. The fourth-order valence-corrected chi connectivity index (χ4v) is 4.42. The van der Waals surface area contributed by atoms with Crippen LogP contribution in [0.3, 0.4) is 0 Å². The summed E-state index contributed by atoms with van der Waals surface area (Å²) in [7, 11) is -2.41. The maximum Gasteiger partial charge on any atom is 0.261 e. The van der Waals surface area contributed by atoms with E-state index in [0.29, 0.717) is 4.31 Å². The van der Waals surface area contributed by atoms with Crippen LogP contribution in [0.15, 0.2) is 29.2 Å². The van der Waals surface area contributed by atoms with E-state index in [1.165, 1.54) is 19.1 Å². The topological polar surface area (TPSA) is 88.6 Å². The van der Waals surface area contributed by atoms with Gasteiger partial charge >= 0.3 is 0 Å². The number of halogens is 1. The van der Waals surface area contributed by atoms with Crippen molar-refractivity contribution in [1.82, 2.24) is 0 Å². The quantitative estimate of drug-likeness (QED) is 0.755. The predicted molar refractivity (Wildman–Crippen MR) is 69.9 cm³/mol. The number of amides is 1. The van der Waals surface area contributed by atoms with Gasteiger partial charge in [0.15, 0.2) is 0 Å². The zero-order valence-corrected chi connectivity index (χ0v) is 12.2. The molecule has 6 nitrogen and oxygen atoms in total. The van der Waals surface area contributed by atoms with E-state index < -0.39 is 30.9 Å². The lowest BCUT2D eigenvalue weighted by atomic mass is 10.2. The molecule has 9 heteroatoms. The Morgan fingerprint density at radius 1 is 1.26 bits per heavy atom. The molecule has 0 saturated carbocycles. The van der Waals surface area contributed by atoms with Gasteiger partial charge in [0.2, 0.25) is 15.9 Å². The summed E-state index contributed by atoms with van der Waals surface area (Å²) in [5.41, 5.74) is 0.110. The molecule has 1 fully saturated rings. The van der Waals surface area contributed by atoms with Crippen LogP contribution >= 0.6 is 10.7 Å². The summed E-state index contributed by atoms with van der Waals surface area (Å²) in [6, 6.07) is 4.79. The first kappa shape index (κ1) is 14.3. The second-order valence-electron chi connectivity index (χ2n) is 4.21. The molecule has 2 rings (SSSR count). The molecule has 0 N–H and O–H groups in total. The molecule has 104 valence electrons. The molecule has 1 aromatic rings. The van der Waals surface area contributed by atoms with Gasteiger partial charge < -0.3 is 0 Å². The normalized spacial score (nSPS) is 22.7. The summed E-state index contributed by atoms with van der Waals surface area (Å²) < 4.78 is 46.5. The number of benzene rings is 1. The van der Waals surface area contributed by atoms with E-state index in [0.717, 1.165) is 12.1 Å². The summed E-state index contributed by atoms with van der Waals surface area (Å²) in [6.07, 6.45) is 0. The van der Waals surface area contributed by atoms with Gasteiger partial charge in [0, 0.05) is 10.7 Å². The van der Waals surface area contributed by atoms with Crippen molar-refractivity contribution < 1.29 is 21.6 Å². The lowest BCUT2D eigenvalue weighted by molar-refractivity contribution is -0.119. The van der Waals surface area contributed by atoms with Crippen molar-refractivity contribution in [2.75, 3.05) is 10.1 Å². The Labute approximate surface area is 115 Å². The zero-order chi connectivity index (χ0) is 14.4. The number of anilines is 1. The Kier molecular flexibility index (Phi) is 3.36. The average Bonchev–Trinajstić information content (AvgIpc) is 2.47. The Morgan fingerprint density at radius 3 is 2.16 bits per heavy atom. The van der Waals surface area contributed by atoms with Crippen LogP contribution in [0.1, 0.15) is 6.92 Å². The van der Waals surface area contributed by atoms with E-state index in [1.807, 2.05) is 0 Å². The summed E-state index contributed by atoms with van der Waals surface area (Å²) in [4.78, 5) is 11.6. The summed E-state index contributed by atoms with van der Waals surface area (Å²) in [5.74, 6) is -1.38. The van der Waals surface area contributed by atoms with E-state index in [2.05, 4.69) is 0 Å². The van der Waals surface area contributed by atoms with Gasteiger partial charge in [-0.3, -0.25) is 4.79 Å². The Hall–Kier alpha value is -1.12. The molecule has 1 saturated heterocycles. The molecule has 1 aromatic carbocycles. The molecule has 1 aliphatic rings. The molecule has 0 radical (unpaired) electrons. The van der Waals surface area contributed by atoms with E-state index in [1.54, 1.807) is 0 Å². The average molecular weight is 324 g/mol. The second-order valence-corrected chi connectivity index (χ2v) is 8.64. The first-order chi connectivity index (χ1) is 8.63. The van der Waals surface area contributed by atoms with Crippen LogP contribution in [-0.4, -0.2) is 28.5 Å². The third-order valence-corrected chi connectivity index (χ3v) is 5.95. The van der Waals surface area contributed by atoms with E-state index in [4.69, 9.17) is 10.7 Å². The molecule has 0 bridgehead atoms. The van der Waals surface area contributed by atoms with Crippen LogP contribution in [0.4, 0.5) is 5.69 Å². The number of carbonyl (C=O) groups excluding carboxylic acids is 1. The van der Waals surface area contributed by atoms with E-state index in [-0.39, 0.29) is 16.3 Å². The summed E-state index contributed by atoms with van der Waals surface area (Å²) >= 11 is 0. The lowest BCUT2D eigenvalue weighted by Crippen LogP contribution is -2.30. The van der Waals surface area contributed by atoms with Gasteiger partial charge in [-0.2, -0.15) is 0 Å². The van der Waals surface area contributed by atoms with Gasteiger partial charge in [0.05, 0.1) is 22.3 Å². The highest BCUT2D eigenvalue weighted by molar-refractivity contribution is 8.13. The van der Waals surface area contributed by atoms with Crippen molar-refractivity contribution in [3.63, 3.8) is 0 Å². The first-order valence-electron chi connectivity index (χ1n) is 5.24.